The number of nitrogens with zero attached hydrogens (tertiary/aromatic N) is 3. The Morgan fingerprint density at radius 2 is 2.04 bits per heavy atom. The first-order valence-corrected chi connectivity index (χ1v) is 9.40. The lowest BCUT2D eigenvalue weighted by molar-refractivity contribution is 0.286. The van der Waals surface area contributed by atoms with E-state index < -0.39 is 0 Å². The Kier molecular flexibility index (Phi) is 4.19. The summed E-state index contributed by atoms with van der Waals surface area (Å²) in [5, 5.41) is 1.11. The summed E-state index contributed by atoms with van der Waals surface area (Å²) in [7, 11) is 2.16. The van der Waals surface area contributed by atoms with Crippen LogP contribution in [0.2, 0.25) is 0 Å². The lowest BCUT2D eigenvalue weighted by Gasteiger charge is -2.41. The molecule has 1 aromatic carbocycles. The van der Waals surface area contributed by atoms with E-state index >= 15 is 0 Å². The number of thioether (sulfide) groups is 1. The number of rotatable bonds is 5. The van der Waals surface area contributed by atoms with Crippen molar-refractivity contribution in [3.8, 4) is 0 Å². The zero-order valence-electron chi connectivity index (χ0n) is 14.1. The molecule has 1 N–H and O–H groups in total. The first kappa shape index (κ1) is 15.5. The van der Waals surface area contributed by atoms with Gasteiger partial charge in [-0.1, -0.05) is 18.2 Å². The Morgan fingerprint density at radius 1 is 1.21 bits per heavy atom. The smallest absolute Gasteiger partial charge is 0.142 e. The van der Waals surface area contributed by atoms with Gasteiger partial charge in [0, 0.05) is 29.9 Å². The average molecular weight is 338 g/mol. The quantitative estimate of drug-likeness (QED) is 0.706. The van der Waals surface area contributed by atoms with Crippen molar-refractivity contribution < 1.29 is 0 Å². The highest BCUT2D eigenvalue weighted by Crippen LogP contribution is 2.38. The van der Waals surface area contributed by atoms with E-state index in [0.29, 0.717) is 6.04 Å². The molecule has 1 fully saturated rings. The van der Waals surface area contributed by atoms with Crippen LogP contribution >= 0.6 is 11.8 Å². The van der Waals surface area contributed by atoms with Crippen molar-refractivity contribution in [1.82, 2.24) is 15.0 Å². The standard InChI is InChI=1S/C19H22N4S/c1-13-5-3-4-6-17(13)24-11-14-9-15(10-14)23(2)19-16-7-8-20-18(16)21-12-22-19/h3-8,12,14-15H,9-11H2,1-2H3,(H,20,21,22)/t14-,15+. The van der Waals surface area contributed by atoms with Crippen molar-refractivity contribution in [3.05, 3.63) is 48.4 Å². The Labute approximate surface area is 146 Å². The summed E-state index contributed by atoms with van der Waals surface area (Å²) in [4.78, 5) is 15.7. The SMILES string of the molecule is Cc1ccccc1SC[C@H]1C[C@@H](N(C)c2ncnc3[nH]ccc23)C1. The summed E-state index contributed by atoms with van der Waals surface area (Å²) in [5.74, 6) is 3.04. The van der Waals surface area contributed by atoms with Gasteiger partial charge in [0.15, 0.2) is 0 Å². The molecule has 124 valence electrons. The molecular formula is C19H22N4S. The van der Waals surface area contributed by atoms with Crippen molar-refractivity contribution in [2.45, 2.75) is 30.7 Å². The molecule has 2 heterocycles. The van der Waals surface area contributed by atoms with Crippen LogP contribution in [0.15, 0.2) is 47.8 Å². The van der Waals surface area contributed by atoms with Crippen LogP contribution in [0.3, 0.4) is 0 Å². The van der Waals surface area contributed by atoms with Gasteiger partial charge in [-0.2, -0.15) is 0 Å². The van der Waals surface area contributed by atoms with Crippen molar-refractivity contribution in [2.75, 3.05) is 17.7 Å². The number of hydrogen-bond acceptors (Lipinski definition) is 4. The fourth-order valence-electron chi connectivity index (χ4n) is 3.39. The molecule has 0 amide bonds. The van der Waals surface area contributed by atoms with Gasteiger partial charge in [-0.15, -0.1) is 11.8 Å². The number of aromatic amines is 1. The lowest BCUT2D eigenvalue weighted by Crippen LogP contribution is -2.43. The van der Waals surface area contributed by atoms with Crippen molar-refractivity contribution in [2.24, 2.45) is 5.92 Å². The predicted molar refractivity (Wildman–Crippen MR) is 101 cm³/mol. The summed E-state index contributed by atoms with van der Waals surface area (Å²) >= 11 is 2.00. The first-order chi connectivity index (χ1) is 11.7. The molecule has 0 unspecified atom stereocenters. The summed E-state index contributed by atoms with van der Waals surface area (Å²) in [6.45, 7) is 2.19. The van der Waals surface area contributed by atoms with Crippen LogP contribution in [-0.4, -0.2) is 33.8 Å². The fraction of sp³-hybridized carbons (Fsp3) is 0.368. The van der Waals surface area contributed by atoms with Crippen LogP contribution in [-0.2, 0) is 0 Å². The Hall–Kier alpha value is -2.01. The van der Waals surface area contributed by atoms with E-state index in [2.05, 4.69) is 64.2 Å². The van der Waals surface area contributed by atoms with Gasteiger partial charge in [0.05, 0.1) is 5.39 Å². The van der Waals surface area contributed by atoms with E-state index in [9.17, 15) is 0 Å². The normalized spacial score (nSPS) is 20.1. The van der Waals surface area contributed by atoms with Gasteiger partial charge in [-0.05, 0) is 43.4 Å². The number of aryl methyl sites for hydroxylation is 1. The van der Waals surface area contributed by atoms with E-state index in [0.717, 1.165) is 22.8 Å². The molecule has 3 aromatic rings. The number of fused-ring (bicyclic) bond motifs is 1. The molecular weight excluding hydrogens is 316 g/mol. The van der Waals surface area contributed by atoms with Gasteiger partial charge in [0.1, 0.15) is 17.8 Å². The van der Waals surface area contributed by atoms with Crippen molar-refractivity contribution in [3.63, 3.8) is 0 Å². The minimum Gasteiger partial charge on any atom is -0.356 e. The monoisotopic (exact) mass is 338 g/mol. The zero-order valence-corrected chi connectivity index (χ0v) is 14.9. The van der Waals surface area contributed by atoms with E-state index in [1.54, 1.807) is 6.33 Å². The Morgan fingerprint density at radius 3 is 2.88 bits per heavy atom. The van der Waals surface area contributed by atoms with Crippen LogP contribution in [0.1, 0.15) is 18.4 Å². The molecule has 1 aliphatic rings. The third-order valence-corrected chi connectivity index (χ3v) is 6.40. The molecule has 4 nitrogen and oxygen atoms in total. The van der Waals surface area contributed by atoms with Crippen LogP contribution in [0.4, 0.5) is 5.82 Å². The molecule has 4 rings (SSSR count). The van der Waals surface area contributed by atoms with Crippen molar-refractivity contribution in [1.29, 1.82) is 0 Å². The third kappa shape index (κ3) is 2.88. The maximum absolute atomic E-state index is 4.50. The molecule has 0 saturated heterocycles. The maximum Gasteiger partial charge on any atom is 0.142 e. The number of aromatic nitrogens is 3. The van der Waals surface area contributed by atoms with Crippen LogP contribution in [0.25, 0.3) is 11.0 Å². The number of anilines is 1. The Balaban J connectivity index is 1.35. The topological polar surface area (TPSA) is 44.8 Å². The molecule has 0 radical (unpaired) electrons. The second kappa shape index (κ2) is 6.48. The molecule has 1 aliphatic carbocycles. The molecule has 24 heavy (non-hydrogen) atoms. The van der Waals surface area contributed by atoms with Gasteiger partial charge in [-0.25, -0.2) is 9.97 Å². The summed E-state index contributed by atoms with van der Waals surface area (Å²) in [6, 6.07) is 11.3. The number of hydrogen-bond donors (Lipinski definition) is 1. The first-order valence-electron chi connectivity index (χ1n) is 8.41. The fourth-order valence-corrected chi connectivity index (χ4v) is 4.55. The van der Waals surface area contributed by atoms with E-state index in [4.69, 9.17) is 0 Å². The van der Waals surface area contributed by atoms with Crippen LogP contribution < -0.4 is 4.90 Å². The van der Waals surface area contributed by atoms with Gasteiger partial charge in [-0.3, -0.25) is 0 Å². The van der Waals surface area contributed by atoms with E-state index in [-0.39, 0.29) is 0 Å². The van der Waals surface area contributed by atoms with Crippen molar-refractivity contribution >= 4 is 28.6 Å². The third-order valence-electron chi connectivity index (χ3n) is 4.99. The average Bonchev–Trinajstić information content (AvgIpc) is 3.03. The molecule has 0 atom stereocenters. The number of nitrogens with one attached hydrogen (secondary N) is 1. The molecule has 1 saturated carbocycles. The zero-order chi connectivity index (χ0) is 16.5. The highest BCUT2D eigenvalue weighted by molar-refractivity contribution is 7.99. The number of benzene rings is 1. The lowest BCUT2D eigenvalue weighted by atomic mass is 9.81. The van der Waals surface area contributed by atoms with Gasteiger partial charge >= 0.3 is 0 Å². The maximum atomic E-state index is 4.50. The van der Waals surface area contributed by atoms with Crippen LogP contribution in [0.5, 0.6) is 0 Å². The molecule has 0 bridgehead atoms. The predicted octanol–water partition coefficient (Wildman–Crippen LogP) is 4.27. The molecule has 0 aliphatic heterocycles. The summed E-state index contributed by atoms with van der Waals surface area (Å²) in [6.07, 6.45) is 6.06. The largest absolute Gasteiger partial charge is 0.356 e. The second-order valence-corrected chi connectivity index (χ2v) is 7.68. The Bertz CT molecular complexity index is 838. The highest BCUT2D eigenvalue weighted by Gasteiger charge is 2.33. The second-order valence-electron chi connectivity index (χ2n) is 6.62. The molecule has 0 spiro atoms. The van der Waals surface area contributed by atoms with Gasteiger partial charge in [0.25, 0.3) is 0 Å². The molecule has 2 aromatic heterocycles. The minimum absolute atomic E-state index is 0.584. The molecule has 5 heteroatoms. The van der Waals surface area contributed by atoms with Crippen LogP contribution in [0, 0.1) is 12.8 Å². The summed E-state index contributed by atoms with van der Waals surface area (Å²) < 4.78 is 0. The highest BCUT2D eigenvalue weighted by atomic mass is 32.2. The van der Waals surface area contributed by atoms with E-state index in [1.807, 2.05) is 18.0 Å². The summed E-state index contributed by atoms with van der Waals surface area (Å²) in [5.41, 5.74) is 2.30. The minimum atomic E-state index is 0.584. The van der Waals surface area contributed by atoms with Gasteiger partial charge < -0.3 is 9.88 Å². The van der Waals surface area contributed by atoms with E-state index in [1.165, 1.54) is 29.1 Å². The number of H-pyrrole nitrogens is 1. The van der Waals surface area contributed by atoms with Gasteiger partial charge in [0.2, 0.25) is 0 Å².